The standard InChI is InChI=1S/C8H10N4S/c1-13-3-2-6-7-8(11-4-9-6)12-5-10-7/h4-5H,2-3H2,1H3,(H,9,10,11,12). The molecule has 0 aliphatic rings. The quantitative estimate of drug-likeness (QED) is 0.799. The van der Waals surface area contributed by atoms with Crippen molar-refractivity contribution in [3.05, 3.63) is 18.3 Å². The molecular formula is C8H10N4S. The van der Waals surface area contributed by atoms with Crippen LogP contribution in [0.1, 0.15) is 5.69 Å². The lowest BCUT2D eigenvalue weighted by Crippen LogP contribution is -1.95. The highest BCUT2D eigenvalue weighted by atomic mass is 32.2. The van der Waals surface area contributed by atoms with E-state index in [-0.39, 0.29) is 0 Å². The molecule has 0 unspecified atom stereocenters. The molecule has 68 valence electrons. The molecule has 0 saturated heterocycles. The number of aromatic amines is 1. The van der Waals surface area contributed by atoms with E-state index in [9.17, 15) is 0 Å². The summed E-state index contributed by atoms with van der Waals surface area (Å²) in [5, 5.41) is 0. The maximum absolute atomic E-state index is 4.22. The molecule has 2 aromatic heterocycles. The fourth-order valence-electron chi connectivity index (χ4n) is 1.20. The van der Waals surface area contributed by atoms with Gasteiger partial charge >= 0.3 is 0 Å². The van der Waals surface area contributed by atoms with Gasteiger partial charge in [0.15, 0.2) is 5.65 Å². The first-order valence-electron chi connectivity index (χ1n) is 4.03. The van der Waals surface area contributed by atoms with E-state index < -0.39 is 0 Å². The summed E-state index contributed by atoms with van der Waals surface area (Å²) >= 11 is 1.81. The highest BCUT2D eigenvalue weighted by molar-refractivity contribution is 7.98. The molecular weight excluding hydrogens is 184 g/mol. The van der Waals surface area contributed by atoms with Crippen molar-refractivity contribution < 1.29 is 0 Å². The van der Waals surface area contributed by atoms with E-state index in [1.165, 1.54) is 0 Å². The van der Waals surface area contributed by atoms with Gasteiger partial charge in [-0.1, -0.05) is 0 Å². The Morgan fingerprint density at radius 2 is 2.31 bits per heavy atom. The minimum atomic E-state index is 0.756. The predicted octanol–water partition coefficient (Wildman–Crippen LogP) is 1.26. The van der Waals surface area contributed by atoms with E-state index in [0.29, 0.717) is 0 Å². The largest absolute Gasteiger partial charge is 0.342 e. The number of rotatable bonds is 3. The zero-order valence-corrected chi connectivity index (χ0v) is 8.14. The van der Waals surface area contributed by atoms with Crippen LogP contribution in [0.5, 0.6) is 0 Å². The van der Waals surface area contributed by atoms with Gasteiger partial charge in [-0.2, -0.15) is 11.8 Å². The number of nitrogens with zero attached hydrogens (tertiary/aromatic N) is 3. The molecule has 2 rings (SSSR count). The van der Waals surface area contributed by atoms with E-state index in [1.54, 1.807) is 12.7 Å². The molecule has 5 heteroatoms. The summed E-state index contributed by atoms with van der Waals surface area (Å²) in [5.74, 6) is 1.07. The number of fused-ring (bicyclic) bond motifs is 1. The number of imidazole rings is 1. The summed E-state index contributed by atoms with van der Waals surface area (Å²) in [6.07, 6.45) is 6.27. The van der Waals surface area contributed by atoms with E-state index in [2.05, 4.69) is 26.2 Å². The molecule has 0 fully saturated rings. The molecule has 0 atom stereocenters. The van der Waals surface area contributed by atoms with Gasteiger partial charge in [0, 0.05) is 6.42 Å². The van der Waals surface area contributed by atoms with Crippen molar-refractivity contribution in [1.82, 2.24) is 19.9 Å². The van der Waals surface area contributed by atoms with Gasteiger partial charge in [-0.25, -0.2) is 15.0 Å². The van der Waals surface area contributed by atoms with Crippen LogP contribution < -0.4 is 0 Å². The van der Waals surface area contributed by atoms with Gasteiger partial charge < -0.3 is 4.98 Å². The minimum Gasteiger partial charge on any atom is -0.342 e. The van der Waals surface area contributed by atoms with Crippen LogP contribution in [0, 0.1) is 0 Å². The molecule has 2 aromatic rings. The van der Waals surface area contributed by atoms with Crippen molar-refractivity contribution in [2.45, 2.75) is 6.42 Å². The molecule has 13 heavy (non-hydrogen) atoms. The van der Waals surface area contributed by atoms with Crippen LogP contribution in [0.4, 0.5) is 0 Å². The summed E-state index contributed by atoms with van der Waals surface area (Å²) in [4.78, 5) is 15.4. The first kappa shape index (κ1) is 8.50. The number of hydrogen-bond acceptors (Lipinski definition) is 4. The number of hydrogen-bond donors (Lipinski definition) is 1. The van der Waals surface area contributed by atoms with Crippen molar-refractivity contribution in [2.24, 2.45) is 0 Å². The smallest absolute Gasteiger partial charge is 0.180 e. The van der Waals surface area contributed by atoms with Crippen LogP contribution in [0.2, 0.25) is 0 Å². The molecule has 2 heterocycles. The van der Waals surface area contributed by atoms with Gasteiger partial charge in [-0.3, -0.25) is 0 Å². The molecule has 0 aliphatic carbocycles. The monoisotopic (exact) mass is 194 g/mol. The lowest BCUT2D eigenvalue weighted by atomic mass is 10.3. The topological polar surface area (TPSA) is 54.5 Å². The third kappa shape index (κ3) is 1.65. The summed E-state index contributed by atoms with van der Waals surface area (Å²) in [6, 6.07) is 0. The molecule has 0 bridgehead atoms. The van der Waals surface area contributed by atoms with Gasteiger partial charge in [0.2, 0.25) is 0 Å². The first-order chi connectivity index (χ1) is 6.42. The van der Waals surface area contributed by atoms with Crippen molar-refractivity contribution in [1.29, 1.82) is 0 Å². The van der Waals surface area contributed by atoms with Crippen LogP contribution in [0.15, 0.2) is 12.7 Å². The molecule has 0 aliphatic heterocycles. The summed E-state index contributed by atoms with van der Waals surface area (Å²) in [7, 11) is 0. The first-order valence-corrected chi connectivity index (χ1v) is 5.43. The normalized spacial score (nSPS) is 10.8. The Kier molecular flexibility index (Phi) is 2.44. The van der Waals surface area contributed by atoms with Crippen molar-refractivity contribution in [2.75, 3.05) is 12.0 Å². The Morgan fingerprint density at radius 1 is 1.38 bits per heavy atom. The minimum absolute atomic E-state index is 0.756. The van der Waals surface area contributed by atoms with Crippen molar-refractivity contribution in [3.63, 3.8) is 0 Å². The Hall–Kier alpha value is -1.10. The molecule has 4 nitrogen and oxygen atoms in total. The molecule has 0 radical (unpaired) electrons. The second kappa shape index (κ2) is 3.74. The Balaban J connectivity index is 2.37. The Labute approximate surface area is 80.2 Å². The third-order valence-corrected chi connectivity index (χ3v) is 2.46. The second-order valence-corrected chi connectivity index (χ2v) is 3.65. The molecule has 0 saturated carbocycles. The number of H-pyrrole nitrogens is 1. The molecule has 1 N–H and O–H groups in total. The van der Waals surface area contributed by atoms with Gasteiger partial charge in [0.25, 0.3) is 0 Å². The van der Waals surface area contributed by atoms with E-state index in [0.717, 1.165) is 29.0 Å². The van der Waals surface area contributed by atoms with Gasteiger partial charge in [0.1, 0.15) is 11.8 Å². The maximum Gasteiger partial charge on any atom is 0.180 e. The number of nitrogens with one attached hydrogen (secondary N) is 1. The van der Waals surface area contributed by atoms with Crippen LogP contribution in [0.25, 0.3) is 11.2 Å². The predicted molar refractivity (Wildman–Crippen MR) is 53.8 cm³/mol. The van der Waals surface area contributed by atoms with Gasteiger partial charge in [0.05, 0.1) is 12.0 Å². The SMILES string of the molecule is CSCCc1ncnc2nc[nH]c12. The van der Waals surface area contributed by atoms with E-state index in [4.69, 9.17) is 0 Å². The van der Waals surface area contributed by atoms with Crippen molar-refractivity contribution in [3.8, 4) is 0 Å². The average molecular weight is 194 g/mol. The average Bonchev–Trinajstić information content (AvgIpc) is 2.62. The zero-order valence-electron chi connectivity index (χ0n) is 7.32. The van der Waals surface area contributed by atoms with Gasteiger partial charge in [-0.05, 0) is 12.0 Å². The highest BCUT2D eigenvalue weighted by Crippen LogP contribution is 2.11. The van der Waals surface area contributed by atoms with Crippen molar-refractivity contribution >= 4 is 22.9 Å². The second-order valence-electron chi connectivity index (χ2n) is 2.66. The van der Waals surface area contributed by atoms with Crippen LogP contribution >= 0.6 is 11.8 Å². The van der Waals surface area contributed by atoms with Crippen LogP contribution in [-0.4, -0.2) is 31.9 Å². The molecule has 0 aromatic carbocycles. The fourth-order valence-corrected chi connectivity index (χ4v) is 1.60. The summed E-state index contributed by atoms with van der Waals surface area (Å²) in [6.45, 7) is 0. The number of aromatic nitrogens is 4. The molecule has 0 amide bonds. The van der Waals surface area contributed by atoms with Gasteiger partial charge in [-0.15, -0.1) is 0 Å². The maximum atomic E-state index is 4.22. The number of thioether (sulfide) groups is 1. The molecule has 0 spiro atoms. The summed E-state index contributed by atoms with van der Waals surface area (Å²) < 4.78 is 0. The van der Waals surface area contributed by atoms with Crippen LogP contribution in [0.3, 0.4) is 0 Å². The third-order valence-electron chi connectivity index (χ3n) is 1.84. The fraction of sp³-hybridized carbons (Fsp3) is 0.375. The lowest BCUT2D eigenvalue weighted by molar-refractivity contribution is 1.03. The Morgan fingerprint density at radius 3 is 3.15 bits per heavy atom. The zero-order chi connectivity index (χ0) is 9.10. The lowest BCUT2D eigenvalue weighted by Gasteiger charge is -1.98. The Bertz CT molecular complexity index is 398. The number of aryl methyl sites for hydroxylation is 1. The highest BCUT2D eigenvalue weighted by Gasteiger charge is 2.04. The van der Waals surface area contributed by atoms with Crippen LogP contribution in [-0.2, 0) is 6.42 Å². The van der Waals surface area contributed by atoms with E-state index in [1.807, 2.05) is 11.8 Å². The van der Waals surface area contributed by atoms with E-state index >= 15 is 0 Å². The summed E-state index contributed by atoms with van der Waals surface area (Å²) in [5.41, 5.74) is 2.78.